The highest BCUT2D eigenvalue weighted by atomic mass is 16.7. The van der Waals surface area contributed by atoms with Crippen molar-refractivity contribution in [1.82, 2.24) is 15.5 Å². The van der Waals surface area contributed by atoms with E-state index in [1.165, 1.54) is 24.2 Å². The summed E-state index contributed by atoms with van der Waals surface area (Å²) in [7, 11) is 0. The van der Waals surface area contributed by atoms with Crippen LogP contribution in [0.1, 0.15) is 96.1 Å². The van der Waals surface area contributed by atoms with Gasteiger partial charge < -0.3 is 26.1 Å². The van der Waals surface area contributed by atoms with Gasteiger partial charge in [0.2, 0.25) is 23.5 Å². The average molecular weight is 648 g/mol. The first kappa shape index (κ1) is 33.2. The summed E-state index contributed by atoms with van der Waals surface area (Å²) in [5, 5.41) is 10.2. The van der Waals surface area contributed by atoms with Crippen LogP contribution in [0, 0.1) is 36.0 Å². The van der Waals surface area contributed by atoms with Gasteiger partial charge in [-0.1, -0.05) is 75.0 Å². The minimum absolute atomic E-state index is 0.0780. The van der Waals surface area contributed by atoms with Crippen LogP contribution in [0.3, 0.4) is 0 Å². The normalized spacial score (nSPS) is 29.3. The van der Waals surface area contributed by atoms with Crippen molar-refractivity contribution in [2.24, 2.45) is 40.0 Å². The third-order valence-electron chi connectivity index (χ3n) is 11.1. The van der Waals surface area contributed by atoms with E-state index < -0.39 is 46.7 Å². The van der Waals surface area contributed by atoms with Crippen LogP contribution in [0.2, 0.25) is 0 Å². The van der Waals surface area contributed by atoms with Crippen molar-refractivity contribution in [2.45, 2.75) is 116 Å². The van der Waals surface area contributed by atoms with Crippen LogP contribution < -0.4 is 16.4 Å². The Morgan fingerprint density at radius 1 is 1.09 bits per heavy atom. The largest absolute Gasteiger partial charge is 0.387 e. The molecule has 1 aromatic carbocycles. The van der Waals surface area contributed by atoms with Crippen molar-refractivity contribution >= 4 is 35.1 Å². The predicted molar refractivity (Wildman–Crippen MR) is 175 cm³/mol. The number of ketones is 1. The fourth-order valence-corrected chi connectivity index (χ4v) is 8.37. The lowest BCUT2D eigenvalue weighted by atomic mass is 9.84. The summed E-state index contributed by atoms with van der Waals surface area (Å²) in [6, 6.07) is 4.94. The number of aryl methyl sites for hydroxylation is 1. The summed E-state index contributed by atoms with van der Waals surface area (Å²) in [4.78, 5) is 74.2. The number of amides is 4. The summed E-state index contributed by atoms with van der Waals surface area (Å²) in [6.07, 6.45) is 7.74. The second kappa shape index (κ2) is 12.7. The fourth-order valence-electron chi connectivity index (χ4n) is 8.37. The number of nitrogens with zero attached hydrogens (tertiary/aromatic N) is 2. The molecule has 2 bridgehead atoms. The lowest BCUT2D eigenvalue weighted by Crippen LogP contribution is -2.59. The lowest BCUT2D eigenvalue weighted by Gasteiger charge is -2.36. The molecule has 1 aromatic rings. The molecule has 4 amide bonds. The van der Waals surface area contributed by atoms with Crippen LogP contribution in [0.5, 0.6) is 0 Å². The van der Waals surface area contributed by atoms with Gasteiger partial charge in [0.25, 0.3) is 5.91 Å². The topological polar surface area (TPSA) is 160 Å². The van der Waals surface area contributed by atoms with E-state index in [9.17, 15) is 24.0 Å². The maximum atomic E-state index is 14.6. The summed E-state index contributed by atoms with van der Waals surface area (Å²) in [5.74, 6) is -1.18. The van der Waals surface area contributed by atoms with E-state index >= 15 is 0 Å². The van der Waals surface area contributed by atoms with Gasteiger partial charge in [0.15, 0.2) is 5.60 Å². The molecule has 11 nitrogen and oxygen atoms in total. The Balaban J connectivity index is 1.24. The molecule has 3 saturated carbocycles. The molecule has 3 aliphatic carbocycles. The van der Waals surface area contributed by atoms with Crippen molar-refractivity contribution in [3.8, 4) is 0 Å². The SMILES string of the molecule is Cc1cccc(C2=NO[C@]3(C2)C[C@@H](C(=O)N[C@@H](CC2CC2)C(=O)C(N)=O)N(C(=O)[C@@H](NC(=O)CC2CC4CCC2C4)C(C)(C)C)C3)c1. The number of likely N-dealkylation sites (tertiary alicyclic amines) is 1. The number of oxime groups is 1. The first-order valence-electron chi connectivity index (χ1n) is 17.3. The van der Waals surface area contributed by atoms with Crippen molar-refractivity contribution in [2.75, 3.05) is 6.54 Å². The van der Waals surface area contributed by atoms with E-state index in [2.05, 4.69) is 15.8 Å². The van der Waals surface area contributed by atoms with Gasteiger partial charge in [-0.25, -0.2) is 0 Å². The number of nitrogens with two attached hydrogens (primary N) is 1. The number of benzene rings is 1. The molecule has 2 aliphatic heterocycles. The van der Waals surface area contributed by atoms with Crippen LogP contribution in [-0.2, 0) is 28.8 Å². The Hall–Kier alpha value is -3.76. The highest BCUT2D eigenvalue weighted by Crippen LogP contribution is 2.49. The van der Waals surface area contributed by atoms with Gasteiger partial charge in [-0.3, -0.25) is 24.0 Å². The third kappa shape index (κ3) is 7.23. The van der Waals surface area contributed by atoms with Gasteiger partial charge in [-0.15, -0.1) is 0 Å². The van der Waals surface area contributed by atoms with Gasteiger partial charge >= 0.3 is 0 Å². The number of carbonyl (C=O) groups excluding carboxylic acids is 5. The van der Waals surface area contributed by atoms with Crippen molar-refractivity contribution in [3.63, 3.8) is 0 Å². The Kier molecular flexibility index (Phi) is 8.95. The first-order valence-corrected chi connectivity index (χ1v) is 17.3. The number of carbonyl (C=O) groups is 5. The lowest BCUT2D eigenvalue weighted by molar-refractivity contribution is -0.145. The van der Waals surface area contributed by atoms with Gasteiger partial charge in [-0.2, -0.15) is 0 Å². The number of rotatable bonds is 11. The third-order valence-corrected chi connectivity index (χ3v) is 11.1. The summed E-state index contributed by atoms with van der Waals surface area (Å²) in [6.45, 7) is 7.77. The molecule has 5 aliphatic rings. The Bertz CT molecular complexity index is 1480. The number of Topliss-reactive ketones (excluding diaryl/α,β-unsaturated/α-hetero) is 1. The molecule has 7 atom stereocenters. The van der Waals surface area contributed by atoms with E-state index in [-0.39, 0.29) is 30.7 Å². The molecular formula is C36H49N5O6. The van der Waals surface area contributed by atoms with Crippen LogP contribution >= 0.6 is 0 Å². The molecule has 11 heteroatoms. The molecular weight excluding hydrogens is 598 g/mol. The number of primary amides is 1. The zero-order valence-electron chi connectivity index (χ0n) is 28.1. The summed E-state index contributed by atoms with van der Waals surface area (Å²) < 4.78 is 0. The minimum atomic E-state index is -1.10. The highest BCUT2D eigenvalue weighted by molar-refractivity contribution is 6.37. The quantitative estimate of drug-likeness (QED) is 0.313. The number of fused-ring (bicyclic) bond motifs is 2. The summed E-state index contributed by atoms with van der Waals surface area (Å²) in [5.41, 5.74) is 6.43. The van der Waals surface area contributed by atoms with E-state index in [1.54, 1.807) is 0 Å². The maximum absolute atomic E-state index is 14.6. The van der Waals surface area contributed by atoms with Gasteiger partial charge in [0.1, 0.15) is 12.1 Å². The summed E-state index contributed by atoms with van der Waals surface area (Å²) >= 11 is 0. The van der Waals surface area contributed by atoms with Crippen LogP contribution in [-0.4, -0.2) is 70.3 Å². The van der Waals surface area contributed by atoms with Crippen molar-refractivity contribution in [3.05, 3.63) is 35.4 Å². The standard InChI is InChI=1S/C36H49N5O6/c1-20-6-5-7-24(12-20)27-17-36(47-40-27)18-28(33(45)38-26(15-21-8-9-21)30(43)32(37)44)41(19-36)34(46)31(35(2,3)4)39-29(42)16-25-14-22-10-11-23(25)13-22/h5-7,12,21-23,25-26,28,31H,8-11,13-19H2,1-4H3,(H2,37,44)(H,38,45)(H,39,42)/t22?,23?,25?,26-,28-,31+,36+/m0/s1. The molecule has 3 unspecified atom stereocenters. The first-order chi connectivity index (χ1) is 22.2. The number of hydrogen-bond donors (Lipinski definition) is 3. The van der Waals surface area contributed by atoms with E-state index in [0.29, 0.717) is 37.0 Å². The van der Waals surface area contributed by atoms with Crippen molar-refractivity contribution in [1.29, 1.82) is 0 Å². The number of hydrogen-bond acceptors (Lipinski definition) is 7. The molecule has 4 fully saturated rings. The zero-order valence-corrected chi connectivity index (χ0v) is 28.1. The second-order valence-corrected chi connectivity index (χ2v) is 16.0. The molecule has 1 saturated heterocycles. The Labute approximate surface area is 276 Å². The zero-order chi connectivity index (χ0) is 33.7. The van der Waals surface area contributed by atoms with Crippen LogP contribution in [0.4, 0.5) is 0 Å². The molecule has 0 aromatic heterocycles. The molecule has 1 spiro atoms. The molecule has 4 N–H and O–H groups in total. The smallest absolute Gasteiger partial charge is 0.287 e. The Morgan fingerprint density at radius 2 is 1.85 bits per heavy atom. The van der Waals surface area contributed by atoms with Crippen LogP contribution in [0.25, 0.3) is 0 Å². The monoisotopic (exact) mass is 647 g/mol. The average Bonchev–Trinajstić information content (AvgIpc) is 3.34. The van der Waals surface area contributed by atoms with E-state index in [4.69, 9.17) is 10.6 Å². The van der Waals surface area contributed by atoms with E-state index in [1.807, 2.05) is 52.0 Å². The van der Waals surface area contributed by atoms with Gasteiger partial charge in [0, 0.05) is 19.3 Å². The predicted octanol–water partition coefficient (Wildman–Crippen LogP) is 3.16. The van der Waals surface area contributed by atoms with Gasteiger partial charge in [0.05, 0.1) is 18.3 Å². The molecule has 254 valence electrons. The molecule has 47 heavy (non-hydrogen) atoms. The second-order valence-electron chi connectivity index (χ2n) is 16.0. The maximum Gasteiger partial charge on any atom is 0.287 e. The molecule has 2 heterocycles. The fraction of sp³-hybridized carbons (Fsp3) is 0.667. The van der Waals surface area contributed by atoms with E-state index in [0.717, 1.165) is 36.1 Å². The minimum Gasteiger partial charge on any atom is -0.387 e. The highest BCUT2D eigenvalue weighted by Gasteiger charge is 2.56. The van der Waals surface area contributed by atoms with Crippen molar-refractivity contribution < 1.29 is 28.8 Å². The molecule has 0 radical (unpaired) electrons. The van der Waals surface area contributed by atoms with Crippen LogP contribution in [0.15, 0.2) is 29.4 Å². The van der Waals surface area contributed by atoms with Gasteiger partial charge in [-0.05, 0) is 67.3 Å². The molecule has 6 rings (SSSR count). The Morgan fingerprint density at radius 3 is 2.47 bits per heavy atom. The number of nitrogens with one attached hydrogen (secondary N) is 2.